The first-order valence-electron chi connectivity index (χ1n) is 9.48. The third-order valence-corrected chi connectivity index (χ3v) is 7.62. The summed E-state index contributed by atoms with van der Waals surface area (Å²) in [5.74, 6) is 0.168. The van der Waals surface area contributed by atoms with Crippen LogP contribution in [0.15, 0.2) is 34.2 Å². The summed E-state index contributed by atoms with van der Waals surface area (Å²) in [5.41, 5.74) is 0.515. The first-order chi connectivity index (χ1) is 13.4. The van der Waals surface area contributed by atoms with Crippen LogP contribution in [0.2, 0.25) is 0 Å². The second-order valence-corrected chi connectivity index (χ2v) is 10.1. The Morgan fingerprint density at radius 2 is 2.07 bits per heavy atom. The Hall–Kier alpha value is -1.87. The fourth-order valence-corrected chi connectivity index (χ4v) is 6.19. The minimum atomic E-state index is -3.05. The van der Waals surface area contributed by atoms with Crippen molar-refractivity contribution in [3.05, 3.63) is 34.6 Å². The van der Waals surface area contributed by atoms with Crippen LogP contribution in [0.1, 0.15) is 26.7 Å². The number of para-hydroxylation sites is 1. The van der Waals surface area contributed by atoms with Gasteiger partial charge in [0.05, 0.1) is 28.2 Å². The molecule has 28 heavy (non-hydrogen) atoms. The first kappa shape index (κ1) is 20.9. The summed E-state index contributed by atoms with van der Waals surface area (Å²) in [7, 11) is -3.05. The van der Waals surface area contributed by atoms with Gasteiger partial charge in [-0.1, -0.05) is 30.8 Å². The summed E-state index contributed by atoms with van der Waals surface area (Å²) in [6.07, 6.45) is 1.27. The number of rotatable bonds is 7. The van der Waals surface area contributed by atoms with E-state index < -0.39 is 9.84 Å². The van der Waals surface area contributed by atoms with E-state index in [2.05, 4.69) is 4.98 Å². The van der Waals surface area contributed by atoms with Crippen molar-refractivity contribution in [1.82, 2.24) is 14.5 Å². The maximum atomic E-state index is 12.8. The van der Waals surface area contributed by atoms with Gasteiger partial charge in [0, 0.05) is 19.1 Å². The SMILES string of the molecule is CCCn1c(SCC(=O)N(CC)[C@@H]2CCS(=O)(=O)C2)nc2ccccc2c1=O. The van der Waals surface area contributed by atoms with Gasteiger partial charge in [0.15, 0.2) is 15.0 Å². The van der Waals surface area contributed by atoms with E-state index in [1.54, 1.807) is 21.6 Å². The van der Waals surface area contributed by atoms with Crippen molar-refractivity contribution in [3.8, 4) is 0 Å². The lowest BCUT2D eigenvalue weighted by Gasteiger charge is -2.26. The van der Waals surface area contributed by atoms with Gasteiger partial charge < -0.3 is 4.90 Å². The van der Waals surface area contributed by atoms with Crippen LogP contribution in [0.4, 0.5) is 0 Å². The number of hydrogen-bond donors (Lipinski definition) is 0. The number of sulfone groups is 1. The van der Waals surface area contributed by atoms with Crippen LogP contribution in [0.5, 0.6) is 0 Å². The highest BCUT2D eigenvalue weighted by Crippen LogP contribution is 2.22. The monoisotopic (exact) mass is 423 g/mol. The second kappa shape index (κ2) is 8.65. The molecule has 0 saturated carbocycles. The number of benzene rings is 1. The third-order valence-electron chi connectivity index (χ3n) is 4.91. The molecule has 0 N–H and O–H groups in total. The zero-order valence-corrected chi connectivity index (χ0v) is 17.8. The van der Waals surface area contributed by atoms with Gasteiger partial charge in [0.1, 0.15) is 0 Å². The molecule has 9 heteroatoms. The van der Waals surface area contributed by atoms with Crippen LogP contribution in [0, 0.1) is 0 Å². The van der Waals surface area contributed by atoms with Crippen molar-refractivity contribution in [2.45, 2.75) is 44.4 Å². The smallest absolute Gasteiger partial charge is 0.262 e. The van der Waals surface area contributed by atoms with Gasteiger partial charge >= 0.3 is 0 Å². The Kier molecular flexibility index (Phi) is 6.44. The molecule has 1 aliphatic rings. The number of aromatic nitrogens is 2. The van der Waals surface area contributed by atoms with Crippen LogP contribution in [0.25, 0.3) is 10.9 Å². The van der Waals surface area contributed by atoms with Gasteiger partial charge in [-0.2, -0.15) is 0 Å². The van der Waals surface area contributed by atoms with Crippen molar-refractivity contribution >= 4 is 38.4 Å². The molecule has 1 aromatic carbocycles. The van der Waals surface area contributed by atoms with E-state index in [1.165, 1.54) is 11.8 Å². The topological polar surface area (TPSA) is 89.3 Å². The largest absolute Gasteiger partial charge is 0.338 e. The molecule has 0 spiro atoms. The average Bonchev–Trinajstić information content (AvgIpc) is 3.02. The fraction of sp³-hybridized carbons (Fsp3) is 0.526. The minimum Gasteiger partial charge on any atom is -0.338 e. The second-order valence-electron chi connectivity index (χ2n) is 6.89. The van der Waals surface area contributed by atoms with Crippen molar-refractivity contribution in [3.63, 3.8) is 0 Å². The molecule has 1 fully saturated rings. The van der Waals surface area contributed by atoms with Crippen LogP contribution in [-0.2, 0) is 21.2 Å². The Balaban J connectivity index is 1.81. The predicted molar refractivity (Wildman–Crippen MR) is 111 cm³/mol. The molecule has 3 rings (SSSR count). The first-order valence-corrected chi connectivity index (χ1v) is 12.3. The highest BCUT2D eigenvalue weighted by molar-refractivity contribution is 7.99. The van der Waals surface area contributed by atoms with Gasteiger partial charge in [-0.05, 0) is 31.9 Å². The van der Waals surface area contributed by atoms with Gasteiger partial charge in [-0.15, -0.1) is 0 Å². The Morgan fingerprint density at radius 3 is 2.71 bits per heavy atom. The predicted octanol–water partition coefficient (Wildman–Crippen LogP) is 1.93. The van der Waals surface area contributed by atoms with E-state index >= 15 is 0 Å². The quantitative estimate of drug-likeness (QED) is 0.499. The molecule has 1 aliphatic heterocycles. The molecule has 7 nitrogen and oxygen atoms in total. The molecule has 2 aromatic rings. The number of nitrogens with zero attached hydrogens (tertiary/aromatic N) is 3. The Bertz CT molecular complexity index is 1030. The zero-order chi connectivity index (χ0) is 20.3. The van der Waals surface area contributed by atoms with Crippen molar-refractivity contribution in [2.24, 2.45) is 0 Å². The summed E-state index contributed by atoms with van der Waals surface area (Å²) in [6.45, 7) is 4.84. The van der Waals surface area contributed by atoms with E-state index in [-0.39, 0.29) is 34.8 Å². The minimum absolute atomic E-state index is 0.0337. The van der Waals surface area contributed by atoms with Crippen LogP contribution < -0.4 is 5.56 Å². The molecule has 0 aliphatic carbocycles. The van der Waals surface area contributed by atoms with E-state index in [0.29, 0.717) is 35.6 Å². The zero-order valence-electron chi connectivity index (χ0n) is 16.1. The Labute approximate surface area is 169 Å². The summed E-state index contributed by atoms with van der Waals surface area (Å²) in [5, 5.41) is 1.09. The lowest BCUT2D eigenvalue weighted by atomic mass is 10.2. The highest BCUT2D eigenvalue weighted by atomic mass is 32.2. The third kappa shape index (κ3) is 4.41. The van der Waals surface area contributed by atoms with Gasteiger partial charge in [0.2, 0.25) is 5.91 Å². The Morgan fingerprint density at radius 1 is 1.32 bits per heavy atom. The van der Waals surface area contributed by atoms with Crippen molar-refractivity contribution in [2.75, 3.05) is 23.8 Å². The molecule has 1 amide bonds. The molecule has 1 atom stereocenters. The van der Waals surface area contributed by atoms with E-state index in [4.69, 9.17) is 0 Å². The van der Waals surface area contributed by atoms with Crippen LogP contribution >= 0.6 is 11.8 Å². The van der Waals surface area contributed by atoms with Crippen LogP contribution in [0.3, 0.4) is 0 Å². The summed E-state index contributed by atoms with van der Waals surface area (Å²) < 4.78 is 25.1. The van der Waals surface area contributed by atoms with Crippen LogP contribution in [-0.4, -0.2) is 58.6 Å². The van der Waals surface area contributed by atoms with Gasteiger partial charge in [0.25, 0.3) is 5.56 Å². The molecule has 1 saturated heterocycles. The lowest BCUT2D eigenvalue weighted by molar-refractivity contribution is -0.129. The summed E-state index contributed by atoms with van der Waals surface area (Å²) >= 11 is 1.24. The molecular weight excluding hydrogens is 398 g/mol. The van der Waals surface area contributed by atoms with E-state index in [1.807, 2.05) is 26.0 Å². The molecule has 0 unspecified atom stereocenters. The maximum absolute atomic E-state index is 12.8. The summed E-state index contributed by atoms with van der Waals surface area (Å²) in [4.78, 5) is 31.8. The van der Waals surface area contributed by atoms with Gasteiger partial charge in [-0.3, -0.25) is 14.2 Å². The molecule has 152 valence electrons. The molecule has 1 aromatic heterocycles. The lowest BCUT2D eigenvalue weighted by Crippen LogP contribution is -2.42. The van der Waals surface area contributed by atoms with Crippen molar-refractivity contribution < 1.29 is 13.2 Å². The van der Waals surface area contributed by atoms with E-state index in [9.17, 15) is 18.0 Å². The highest BCUT2D eigenvalue weighted by Gasteiger charge is 2.33. The fourth-order valence-electron chi connectivity index (χ4n) is 3.55. The van der Waals surface area contributed by atoms with Crippen molar-refractivity contribution in [1.29, 1.82) is 0 Å². The molecular formula is C19H25N3O4S2. The molecule has 0 radical (unpaired) electrons. The maximum Gasteiger partial charge on any atom is 0.262 e. The number of amides is 1. The molecule has 0 bridgehead atoms. The summed E-state index contributed by atoms with van der Waals surface area (Å²) in [6, 6.07) is 6.94. The molecule has 2 heterocycles. The number of carbonyl (C=O) groups is 1. The number of fused-ring (bicyclic) bond motifs is 1. The number of hydrogen-bond acceptors (Lipinski definition) is 6. The normalized spacial score (nSPS) is 18.4. The number of thioether (sulfide) groups is 1. The standard InChI is InChI=1S/C19H25N3O4S2/c1-3-10-22-18(24)15-7-5-6-8-16(15)20-19(22)27-12-17(23)21(4-2)14-9-11-28(25,26)13-14/h5-8,14H,3-4,9-13H2,1-2H3/t14-/m1/s1. The number of carbonyl (C=O) groups excluding carboxylic acids is 1. The van der Waals surface area contributed by atoms with E-state index in [0.717, 1.165) is 6.42 Å². The van der Waals surface area contributed by atoms with Gasteiger partial charge in [-0.25, -0.2) is 13.4 Å². The average molecular weight is 424 g/mol.